The van der Waals surface area contributed by atoms with E-state index in [1.165, 1.54) is 0 Å². The van der Waals surface area contributed by atoms with Crippen LogP contribution in [0.25, 0.3) is 0 Å². The van der Waals surface area contributed by atoms with Crippen LogP contribution < -0.4 is 5.32 Å². The van der Waals surface area contributed by atoms with E-state index in [1.807, 2.05) is 24.3 Å². The van der Waals surface area contributed by atoms with E-state index in [0.717, 1.165) is 30.6 Å². The van der Waals surface area contributed by atoms with E-state index in [2.05, 4.69) is 11.2 Å². The van der Waals surface area contributed by atoms with Gasteiger partial charge in [-0.15, -0.1) is 12.3 Å². The van der Waals surface area contributed by atoms with E-state index in [1.54, 1.807) is 0 Å². The van der Waals surface area contributed by atoms with Gasteiger partial charge in [0.1, 0.15) is 0 Å². The van der Waals surface area contributed by atoms with Crippen molar-refractivity contribution in [1.29, 1.82) is 0 Å². The summed E-state index contributed by atoms with van der Waals surface area (Å²) < 4.78 is 0. The number of terminal acetylenes is 1. The van der Waals surface area contributed by atoms with Gasteiger partial charge in [0.25, 0.3) is 0 Å². The zero-order chi connectivity index (χ0) is 11.8. The van der Waals surface area contributed by atoms with Crippen LogP contribution in [0.3, 0.4) is 0 Å². The topological polar surface area (TPSA) is 49.3 Å². The number of hydrogen-bond acceptors (Lipinski definition) is 2. The van der Waals surface area contributed by atoms with Crippen LogP contribution in [0.4, 0.5) is 5.69 Å². The number of hydrogen-bond donors (Lipinski definition) is 2. The third-order valence-corrected chi connectivity index (χ3v) is 2.14. The van der Waals surface area contributed by atoms with Crippen molar-refractivity contribution in [2.75, 3.05) is 11.9 Å². The SMILES string of the molecule is C#CCCCNc1ccc(CC(=O)O)cc1. The number of anilines is 1. The van der Waals surface area contributed by atoms with E-state index < -0.39 is 5.97 Å². The first-order valence-electron chi connectivity index (χ1n) is 5.20. The molecule has 1 aromatic rings. The number of rotatable bonds is 6. The van der Waals surface area contributed by atoms with Crippen LogP contribution in [0.1, 0.15) is 18.4 Å². The molecule has 0 atom stereocenters. The molecule has 0 unspecified atom stereocenters. The van der Waals surface area contributed by atoms with E-state index in [-0.39, 0.29) is 6.42 Å². The lowest BCUT2D eigenvalue weighted by Crippen LogP contribution is -2.02. The summed E-state index contributed by atoms with van der Waals surface area (Å²) >= 11 is 0. The molecule has 84 valence electrons. The molecule has 0 aromatic heterocycles. The van der Waals surface area contributed by atoms with Gasteiger partial charge in [-0.2, -0.15) is 0 Å². The van der Waals surface area contributed by atoms with Crippen molar-refractivity contribution < 1.29 is 9.90 Å². The molecule has 0 spiro atoms. The molecular weight excluding hydrogens is 202 g/mol. The lowest BCUT2D eigenvalue weighted by molar-refractivity contribution is -0.136. The molecule has 3 nitrogen and oxygen atoms in total. The Morgan fingerprint density at radius 3 is 2.62 bits per heavy atom. The Balaban J connectivity index is 2.39. The molecular formula is C13H15NO2. The number of benzene rings is 1. The minimum Gasteiger partial charge on any atom is -0.481 e. The third kappa shape index (κ3) is 4.52. The fourth-order valence-electron chi connectivity index (χ4n) is 1.34. The molecule has 16 heavy (non-hydrogen) atoms. The molecule has 1 aromatic carbocycles. The standard InChI is InChI=1S/C13H15NO2/c1-2-3-4-9-14-12-7-5-11(6-8-12)10-13(15)16/h1,5-8,14H,3-4,9-10H2,(H,15,16). The van der Waals surface area contributed by atoms with Crippen LogP contribution in [-0.4, -0.2) is 17.6 Å². The molecule has 0 fully saturated rings. The predicted molar refractivity (Wildman–Crippen MR) is 64.3 cm³/mol. The van der Waals surface area contributed by atoms with Crippen molar-refractivity contribution in [3.8, 4) is 12.3 Å². The van der Waals surface area contributed by atoms with E-state index in [9.17, 15) is 4.79 Å². The molecule has 0 aliphatic rings. The lowest BCUT2D eigenvalue weighted by atomic mass is 10.1. The number of carboxylic acids is 1. The Kier molecular flexibility index (Phi) is 4.94. The highest BCUT2D eigenvalue weighted by Gasteiger charge is 1.99. The quantitative estimate of drug-likeness (QED) is 0.567. The highest BCUT2D eigenvalue weighted by molar-refractivity contribution is 5.70. The molecule has 0 heterocycles. The summed E-state index contributed by atoms with van der Waals surface area (Å²) in [5.74, 6) is 1.77. The summed E-state index contributed by atoms with van der Waals surface area (Å²) in [5.41, 5.74) is 1.80. The van der Waals surface area contributed by atoms with Crippen molar-refractivity contribution >= 4 is 11.7 Å². The first kappa shape index (κ1) is 12.1. The first-order valence-corrected chi connectivity index (χ1v) is 5.20. The van der Waals surface area contributed by atoms with Gasteiger partial charge in [-0.25, -0.2) is 0 Å². The monoisotopic (exact) mass is 217 g/mol. The zero-order valence-electron chi connectivity index (χ0n) is 9.07. The van der Waals surface area contributed by atoms with Gasteiger partial charge in [0.15, 0.2) is 0 Å². The van der Waals surface area contributed by atoms with E-state index in [4.69, 9.17) is 11.5 Å². The lowest BCUT2D eigenvalue weighted by Gasteiger charge is -2.05. The second kappa shape index (κ2) is 6.52. The Labute approximate surface area is 95.5 Å². The van der Waals surface area contributed by atoms with Crippen LogP contribution >= 0.6 is 0 Å². The van der Waals surface area contributed by atoms with Gasteiger partial charge in [-0.05, 0) is 24.1 Å². The minimum absolute atomic E-state index is 0.0668. The molecule has 0 amide bonds. The van der Waals surface area contributed by atoms with Crippen LogP contribution in [0.2, 0.25) is 0 Å². The van der Waals surface area contributed by atoms with Crippen LogP contribution in [0.15, 0.2) is 24.3 Å². The molecule has 0 radical (unpaired) electrons. The zero-order valence-corrected chi connectivity index (χ0v) is 9.07. The molecule has 0 bridgehead atoms. The van der Waals surface area contributed by atoms with Gasteiger partial charge >= 0.3 is 5.97 Å². The molecule has 0 aliphatic heterocycles. The average molecular weight is 217 g/mol. The summed E-state index contributed by atoms with van der Waals surface area (Å²) in [5, 5.41) is 11.8. The van der Waals surface area contributed by atoms with Gasteiger partial charge in [-0.1, -0.05) is 12.1 Å². The highest BCUT2D eigenvalue weighted by atomic mass is 16.4. The second-order valence-corrected chi connectivity index (χ2v) is 3.50. The van der Waals surface area contributed by atoms with Gasteiger partial charge in [-0.3, -0.25) is 4.79 Å². The third-order valence-electron chi connectivity index (χ3n) is 2.14. The van der Waals surface area contributed by atoms with Crippen LogP contribution in [0, 0.1) is 12.3 Å². The van der Waals surface area contributed by atoms with Crippen LogP contribution in [-0.2, 0) is 11.2 Å². The predicted octanol–water partition coefficient (Wildman–Crippen LogP) is 2.14. The highest BCUT2D eigenvalue weighted by Crippen LogP contribution is 2.10. The summed E-state index contributed by atoms with van der Waals surface area (Å²) in [6.45, 7) is 0.836. The van der Waals surface area contributed by atoms with Crippen molar-refractivity contribution in [2.45, 2.75) is 19.3 Å². The maximum atomic E-state index is 10.5. The summed E-state index contributed by atoms with van der Waals surface area (Å²) in [6, 6.07) is 7.40. The smallest absolute Gasteiger partial charge is 0.307 e. The van der Waals surface area contributed by atoms with Crippen molar-refractivity contribution in [3.05, 3.63) is 29.8 Å². The van der Waals surface area contributed by atoms with Gasteiger partial charge < -0.3 is 10.4 Å². The fraction of sp³-hybridized carbons (Fsp3) is 0.308. The van der Waals surface area contributed by atoms with Gasteiger partial charge in [0.2, 0.25) is 0 Å². The molecule has 2 N–H and O–H groups in total. The van der Waals surface area contributed by atoms with Gasteiger partial charge in [0.05, 0.1) is 6.42 Å². The Morgan fingerprint density at radius 2 is 2.06 bits per heavy atom. The molecule has 0 saturated heterocycles. The summed E-state index contributed by atoms with van der Waals surface area (Å²) in [7, 11) is 0. The summed E-state index contributed by atoms with van der Waals surface area (Å²) in [6.07, 6.45) is 6.91. The summed E-state index contributed by atoms with van der Waals surface area (Å²) in [4.78, 5) is 10.5. The number of aliphatic carboxylic acids is 1. The molecule has 0 saturated carbocycles. The average Bonchev–Trinajstić information content (AvgIpc) is 2.26. The largest absolute Gasteiger partial charge is 0.481 e. The van der Waals surface area contributed by atoms with E-state index in [0.29, 0.717) is 0 Å². The number of nitrogens with one attached hydrogen (secondary N) is 1. The maximum absolute atomic E-state index is 10.5. The Bertz CT molecular complexity index is 376. The number of carbonyl (C=O) groups is 1. The fourth-order valence-corrected chi connectivity index (χ4v) is 1.34. The number of unbranched alkanes of at least 4 members (excludes halogenated alkanes) is 1. The first-order chi connectivity index (χ1) is 7.72. The van der Waals surface area contributed by atoms with Crippen LogP contribution in [0.5, 0.6) is 0 Å². The molecule has 3 heteroatoms. The Morgan fingerprint density at radius 1 is 1.38 bits per heavy atom. The van der Waals surface area contributed by atoms with Crippen molar-refractivity contribution in [3.63, 3.8) is 0 Å². The normalized spacial score (nSPS) is 9.44. The molecule has 0 aliphatic carbocycles. The number of carboxylic acid groups (broad SMARTS) is 1. The molecule has 1 rings (SSSR count). The van der Waals surface area contributed by atoms with Crippen molar-refractivity contribution in [1.82, 2.24) is 0 Å². The van der Waals surface area contributed by atoms with Gasteiger partial charge in [0, 0.05) is 18.7 Å². The second-order valence-electron chi connectivity index (χ2n) is 3.50. The van der Waals surface area contributed by atoms with Crippen molar-refractivity contribution in [2.24, 2.45) is 0 Å². The minimum atomic E-state index is -0.810. The maximum Gasteiger partial charge on any atom is 0.307 e. The Hall–Kier alpha value is -1.95. The van der Waals surface area contributed by atoms with E-state index >= 15 is 0 Å².